The second-order valence-corrected chi connectivity index (χ2v) is 4.47. The van der Waals surface area contributed by atoms with Crippen molar-refractivity contribution in [2.24, 2.45) is 0 Å². The largest absolute Gasteiger partial charge is 0.492 e. The molecule has 0 aromatic carbocycles. The van der Waals surface area contributed by atoms with Gasteiger partial charge in [0.1, 0.15) is 4.88 Å². The van der Waals surface area contributed by atoms with E-state index in [1.807, 2.05) is 6.92 Å². The van der Waals surface area contributed by atoms with Gasteiger partial charge in [-0.25, -0.2) is 0 Å². The molecule has 0 aliphatic heterocycles. The van der Waals surface area contributed by atoms with Gasteiger partial charge in [0.05, 0.1) is 14.2 Å². The van der Waals surface area contributed by atoms with Crippen LogP contribution in [-0.2, 0) is 0 Å². The average Bonchev–Trinajstić information content (AvgIpc) is 2.95. The lowest BCUT2D eigenvalue weighted by atomic mass is 10.3. The third-order valence-electron chi connectivity index (χ3n) is 2.17. The summed E-state index contributed by atoms with van der Waals surface area (Å²) >= 11 is 1.27. The number of nitrogens with one attached hydrogen (secondary N) is 2. The SMILES string of the molecule is COc1c(C)sc(C(=O)Nc2nn[nH]n2)c1OC. The van der Waals surface area contributed by atoms with E-state index in [0.717, 1.165) is 4.88 Å². The van der Waals surface area contributed by atoms with Crippen LogP contribution in [0.25, 0.3) is 0 Å². The van der Waals surface area contributed by atoms with Crippen LogP contribution in [0.1, 0.15) is 14.5 Å². The van der Waals surface area contributed by atoms with Crippen molar-refractivity contribution >= 4 is 23.2 Å². The number of hydrogen-bond acceptors (Lipinski definition) is 7. The summed E-state index contributed by atoms with van der Waals surface area (Å²) in [5, 5.41) is 15.4. The number of rotatable bonds is 4. The predicted octanol–water partition coefficient (Wildman–Crippen LogP) is 0.839. The molecular formula is C9H11N5O3S. The number of tetrazole rings is 1. The molecular weight excluding hydrogens is 258 g/mol. The zero-order chi connectivity index (χ0) is 13.1. The Morgan fingerprint density at radius 3 is 2.61 bits per heavy atom. The molecule has 0 saturated heterocycles. The lowest BCUT2D eigenvalue weighted by Gasteiger charge is -2.04. The number of aryl methyl sites for hydroxylation is 1. The second kappa shape index (κ2) is 5.00. The molecule has 0 bridgehead atoms. The first-order chi connectivity index (χ1) is 8.67. The van der Waals surface area contributed by atoms with Crippen LogP contribution in [0.3, 0.4) is 0 Å². The number of ether oxygens (including phenoxy) is 2. The Bertz CT molecular complexity index is 551. The highest BCUT2D eigenvalue weighted by Crippen LogP contribution is 2.41. The van der Waals surface area contributed by atoms with Crippen LogP contribution in [-0.4, -0.2) is 40.8 Å². The van der Waals surface area contributed by atoms with E-state index in [2.05, 4.69) is 25.9 Å². The first-order valence-electron chi connectivity index (χ1n) is 4.93. The summed E-state index contributed by atoms with van der Waals surface area (Å²) in [6, 6.07) is 0. The molecule has 2 heterocycles. The molecule has 0 aliphatic carbocycles. The topological polar surface area (TPSA) is 102 Å². The summed E-state index contributed by atoms with van der Waals surface area (Å²) in [7, 11) is 3.01. The zero-order valence-electron chi connectivity index (χ0n) is 9.97. The van der Waals surface area contributed by atoms with Crippen LogP contribution < -0.4 is 14.8 Å². The molecule has 2 aromatic rings. The van der Waals surface area contributed by atoms with Crippen molar-refractivity contribution in [1.29, 1.82) is 0 Å². The molecule has 8 nitrogen and oxygen atoms in total. The molecule has 0 aliphatic rings. The number of aromatic amines is 1. The van der Waals surface area contributed by atoms with Crippen molar-refractivity contribution in [3.8, 4) is 11.5 Å². The van der Waals surface area contributed by atoms with Crippen molar-refractivity contribution in [2.45, 2.75) is 6.92 Å². The highest BCUT2D eigenvalue weighted by Gasteiger charge is 2.23. The molecule has 1 amide bonds. The van der Waals surface area contributed by atoms with Gasteiger partial charge in [-0.15, -0.1) is 16.4 Å². The molecule has 2 N–H and O–H groups in total. The van der Waals surface area contributed by atoms with Crippen LogP contribution in [0.5, 0.6) is 11.5 Å². The molecule has 0 fully saturated rings. The predicted molar refractivity (Wildman–Crippen MR) is 64.3 cm³/mol. The van der Waals surface area contributed by atoms with Gasteiger partial charge >= 0.3 is 0 Å². The van der Waals surface area contributed by atoms with Crippen LogP contribution in [0.4, 0.5) is 5.95 Å². The number of thiophene rings is 1. The van der Waals surface area contributed by atoms with Crippen molar-refractivity contribution in [1.82, 2.24) is 20.6 Å². The van der Waals surface area contributed by atoms with Gasteiger partial charge in [0, 0.05) is 4.88 Å². The normalized spacial score (nSPS) is 10.2. The first kappa shape index (κ1) is 12.3. The van der Waals surface area contributed by atoms with Gasteiger partial charge in [0.25, 0.3) is 11.9 Å². The second-order valence-electron chi connectivity index (χ2n) is 3.24. The van der Waals surface area contributed by atoms with Crippen molar-refractivity contribution in [3.05, 3.63) is 9.75 Å². The van der Waals surface area contributed by atoms with Gasteiger partial charge in [0.15, 0.2) is 11.5 Å². The van der Waals surface area contributed by atoms with Crippen molar-refractivity contribution < 1.29 is 14.3 Å². The maximum atomic E-state index is 12.0. The Balaban J connectivity index is 2.30. The lowest BCUT2D eigenvalue weighted by Crippen LogP contribution is -2.12. The number of aromatic nitrogens is 4. The van der Waals surface area contributed by atoms with Crippen LogP contribution >= 0.6 is 11.3 Å². The molecule has 0 radical (unpaired) electrons. The minimum atomic E-state index is -0.371. The quantitative estimate of drug-likeness (QED) is 0.852. The van der Waals surface area contributed by atoms with E-state index in [1.54, 1.807) is 0 Å². The van der Waals surface area contributed by atoms with E-state index in [1.165, 1.54) is 25.6 Å². The highest BCUT2D eigenvalue weighted by atomic mass is 32.1. The van der Waals surface area contributed by atoms with Gasteiger partial charge in [-0.05, 0) is 12.1 Å². The molecule has 2 rings (SSSR count). The van der Waals surface area contributed by atoms with E-state index >= 15 is 0 Å². The number of carbonyl (C=O) groups is 1. The van der Waals surface area contributed by atoms with E-state index in [0.29, 0.717) is 16.4 Å². The molecule has 96 valence electrons. The summed E-state index contributed by atoms with van der Waals surface area (Å²) in [6.07, 6.45) is 0. The zero-order valence-corrected chi connectivity index (χ0v) is 10.8. The van der Waals surface area contributed by atoms with Crippen LogP contribution in [0, 0.1) is 6.92 Å². The fourth-order valence-electron chi connectivity index (χ4n) is 1.45. The Labute approximate surface area is 106 Å². The fourth-order valence-corrected chi connectivity index (χ4v) is 2.44. The monoisotopic (exact) mass is 269 g/mol. The Morgan fingerprint density at radius 2 is 2.06 bits per heavy atom. The molecule has 18 heavy (non-hydrogen) atoms. The number of hydrogen-bond donors (Lipinski definition) is 2. The van der Waals surface area contributed by atoms with Gasteiger partial charge in [-0.1, -0.05) is 5.10 Å². The van der Waals surface area contributed by atoms with E-state index in [9.17, 15) is 4.79 Å². The van der Waals surface area contributed by atoms with E-state index in [-0.39, 0.29) is 11.9 Å². The molecule has 0 saturated carbocycles. The first-order valence-corrected chi connectivity index (χ1v) is 5.75. The summed E-state index contributed by atoms with van der Waals surface area (Å²) in [4.78, 5) is 13.3. The number of amides is 1. The van der Waals surface area contributed by atoms with E-state index in [4.69, 9.17) is 9.47 Å². The molecule has 0 unspecified atom stereocenters. The van der Waals surface area contributed by atoms with Crippen LogP contribution in [0.15, 0.2) is 0 Å². The summed E-state index contributed by atoms with van der Waals surface area (Å²) in [6.45, 7) is 1.84. The third kappa shape index (κ3) is 2.12. The molecule has 2 aromatic heterocycles. The maximum Gasteiger partial charge on any atom is 0.272 e. The van der Waals surface area contributed by atoms with Gasteiger partial charge < -0.3 is 9.47 Å². The number of methoxy groups -OCH3 is 2. The van der Waals surface area contributed by atoms with E-state index < -0.39 is 0 Å². The summed E-state index contributed by atoms with van der Waals surface area (Å²) in [5.41, 5.74) is 0. The number of nitrogens with zero attached hydrogens (tertiary/aromatic N) is 3. The average molecular weight is 269 g/mol. The number of anilines is 1. The van der Waals surface area contributed by atoms with Gasteiger partial charge in [-0.2, -0.15) is 5.21 Å². The van der Waals surface area contributed by atoms with Crippen LogP contribution in [0.2, 0.25) is 0 Å². The highest BCUT2D eigenvalue weighted by molar-refractivity contribution is 7.14. The minimum Gasteiger partial charge on any atom is -0.492 e. The molecule has 0 atom stereocenters. The number of carbonyl (C=O) groups excluding carboxylic acids is 1. The fraction of sp³-hybridized carbons (Fsp3) is 0.333. The van der Waals surface area contributed by atoms with Gasteiger partial charge in [-0.3, -0.25) is 10.1 Å². The number of H-pyrrole nitrogens is 1. The lowest BCUT2D eigenvalue weighted by molar-refractivity contribution is 0.102. The molecule has 9 heteroatoms. The summed E-state index contributed by atoms with van der Waals surface area (Å²) in [5.74, 6) is 0.693. The smallest absolute Gasteiger partial charge is 0.272 e. The maximum absolute atomic E-state index is 12.0. The van der Waals surface area contributed by atoms with Crippen molar-refractivity contribution in [2.75, 3.05) is 19.5 Å². The minimum absolute atomic E-state index is 0.104. The summed E-state index contributed by atoms with van der Waals surface area (Å²) < 4.78 is 10.4. The Hall–Kier alpha value is -2.16. The standard InChI is InChI=1S/C9H11N5O3S/c1-4-5(16-2)6(17-3)7(18-4)8(15)10-9-11-13-14-12-9/h1-3H3,(H2,10,11,12,13,14,15). The Morgan fingerprint density at radius 1 is 1.33 bits per heavy atom. The Kier molecular flexibility index (Phi) is 3.42. The molecule has 0 spiro atoms. The van der Waals surface area contributed by atoms with Gasteiger partial charge in [0.2, 0.25) is 0 Å². The third-order valence-corrected chi connectivity index (χ3v) is 3.24. The van der Waals surface area contributed by atoms with Crippen molar-refractivity contribution in [3.63, 3.8) is 0 Å².